The summed E-state index contributed by atoms with van der Waals surface area (Å²) in [4.78, 5) is 8.14. The first kappa shape index (κ1) is 15.8. The molecule has 0 fully saturated rings. The van der Waals surface area contributed by atoms with E-state index in [1.807, 2.05) is 6.92 Å². The van der Waals surface area contributed by atoms with Crippen molar-refractivity contribution < 1.29 is 17.9 Å². The van der Waals surface area contributed by atoms with Gasteiger partial charge in [0.05, 0.1) is 6.61 Å². The Labute approximate surface area is 110 Å². The highest BCUT2D eigenvalue weighted by Gasteiger charge is 2.27. The molecule has 0 aromatic carbocycles. The summed E-state index contributed by atoms with van der Waals surface area (Å²) in [5.41, 5.74) is 6.73. The van der Waals surface area contributed by atoms with Gasteiger partial charge in [0.25, 0.3) is 0 Å². The molecule has 1 heterocycles. The Morgan fingerprint density at radius 3 is 2.47 bits per heavy atom. The molecule has 2 N–H and O–H groups in total. The minimum absolute atomic E-state index is 0.0483. The fraction of sp³-hybridized carbons (Fsp3) is 0.667. The lowest BCUT2D eigenvalue weighted by Crippen LogP contribution is -2.21. The van der Waals surface area contributed by atoms with Gasteiger partial charge in [0.1, 0.15) is 12.4 Å². The van der Waals surface area contributed by atoms with E-state index in [1.54, 1.807) is 12.4 Å². The van der Waals surface area contributed by atoms with Gasteiger partial charge in [0.15, 0.2) is 0 Å². The Hall–Kier alpha value is -1.21. The van der Waals surface area contributed by atoms with Gasteiger partial charge < -0.3 is 10.5 Å². The molecular weight excluding hydrogens is 259 g/mol. The van der Waals surface area contributed by atoms with Crippen LogP contribution in [0.25, 0.3) is 0 Å². The number of aromatic nitrogens is 2. The van der Waals surface area contributed by atoms with Crippen molar-refractivity contribution in [2.24, 2.45) is 5.73 Å². The van der Waals surface area contributed by atoms with Crippen molar-refractivity contribution in [1.29, 1.82) is 0 Å². The maximum atomic E-state index is 11.8. The largest absolute Gasteiger partial charge is 0.411 e. The lowest BCUT2D eigenvalue weighted by Gasteiger charge is -2.09. The van der Waals surface area contributed by atoms with Gasteiger partial charge in [-0.05, 0) is 18.4 Å². The summed E-state index contributed by atoms with van der Waals surface area (Å²) in [6.07, 6.45) is 0.842. The molecule has 0 saturated carbocycles. The molecule has 7 heteroatoms. The smallest absolute Gasteiger partial charge is 0.372 e. The summed E-state index contributed by atoms with van der Waals surface area (Å²) in [6, 6.07) is 0.0737. The van der Waals surface area contributed by atoms with Gasteiger partial charge in [-0.2, -0.15) is 13.2 Å². The summed E-state index contributed by atoms with van der Waals surface area (Å²) in [5, 5.41) is 0. The van der Waals surface area contributed by atoms with Crippen molar-refractivity contribution >= 4 is 0 Å². The zero-order valence-electron chi connectivity index (χ0n) is 10.8. The van der Waals surface area contributed by atoms with Crippen LogP contribution in [-0.4, -0.2) is 35.4 Å². The summed E-state index contributed by atoms with van der Waals surface area (Å²) in [6.45, 7) is 0.710. The van der Waals surface area contributed by atoms with Crippen LogP contribution in [0.15, 0.2) is 12.4 Å². The minimum atomic E-state index is -4.29. The second-order valence-corrected chi connectivity index (χ2v) is 4.30. The van der Waals surface area contributed by atoms with E-state index in [0.717, 1.165) is 12.0 Å². The van der Waals surface area contributed by atoms with Crippen molar-refractivity contribution in [1.82, 2.24) is 9.97 Å². The van der Waals surface area contributed by atoms with Crippen LogP contribution in [-0.2, 0) is 17.6 Å². The standard InChI is InChI=1S/C12H18F3N3O/c1-2-10(16)5-9-6-17-11(18-7-9)3-4-19-8-12(13,14)15/h6-7,10H,2-5,8,16H2,1H3. The molecular formula is C12H18F3N3O. The Bertz CT molecular complexity index is 367. The van der Waals surface area contributed by atoms with Crippen LogP contribution in [0.3, 0.4) is 0 Å². The van der Waals surface area contributed by atoms with Gasteiger partial charge in [-0.1, -0.05) is 6.92 Å². The van der Waals surface area contributed by atoms with E-state index in [9.17, 15) is 13.2 Å². The summed E-state index contributed by atoms with van der Waals surface area (Å²) < 4.78 is 40.0. The molecule has 1 aromatic rings. The third-order valence-corrected chi connectivity index (χ3v) is 2.52. The van der Waals surface area contributed by atoms with Crippen molar-refractivity contribution in [3.8, 4) is 0 Å². The molecule has 4 nitrogen and oxygen atoms in total. The number of nitrogens with zero attached hydrogens (tertiary/aromatic N) is 2. The number of nitrogens with two attached hydrogens (primary N) is 1. The van der Waals surface area contributed by atoms with Crippen molar-refractivity contribution in [3.05, 3.63) is 23.8 Å². The van der Waals surface area contributed by atoms with Gasteiger partial charge in [-0.15, -0.1) is 0 Å². The highest BCUT2D eigenvalue weighted by atomic mass is 19.4. The molecule has 0 aliphatic rings. The third-order valence-electron chi connectivity index (χ3n) is 2.52. The monoisotopic (exact) mass is 277 g/mol. The fourth-order valence-electron chi connectivity index (χ4n) is 1.41. The zero-order chi connectivity index (χ0) is 14.3. The predicted molar refractivity (Wildman–Crippen MR) is 64.6 cm³/mol. The number of halogens is 3. The molecule has 0 spiro atoms. The third kappa shape index (κ3) is 7.07. The van der Waals surface area contributed by atoms with Crippen molar-refractivity contribution in [3.63, 3.8) is 0 Å². The average molecular weight is 277 g/mol. The second-order valence-electron chi connectivity index (χ2n) is 4.30. The van der Waals surface area contributed by atoms with Crippen molar-refractivity contribution in [2.45, 2.75) is 38.4 Å². The molecule has 0 saturated heterocycles. The highest BCUT2D eigenvalue weighted by molar-refractivity contribution is 5.07. The Kier molecular flexibility index (Phi) is 6.17. The van der Waals surface area contributed by atoms with Crippen LogP contribution in [0, 0.1) is 0 Å². The lowest BCUT2D eigenvalue weighted by molar-refractivity contribution is -0.173. The Morgan fingerprint density at radius 2 is 1.95 bits per heavy atom. The van der Waals surface area contributed by atoms with Gasteiger partial charge in [0, 0.05) is 24.9 Å². The maximum Gasteiger partial charge on any atom is 0.411 e. The molecule has 1 unspecified atom stereocenters. The van der Waals surface area contributed by atoms with E-state index in [2.05, 4.69) is 14.7 Å². The van der Waals surface area contributed by atoms with Crippen LogP contribution >= 0.6 is 0 Å². The summed E-state index contributed by atoms with van der Waals surface area (Å²) in [5.74, 6) is 0.469. The molecule has 108 valence electrons. The average Bonchev–Trinajstić information content (AvgIpc) is 2.35. The van der Waals surface area contributed by atoms with Gasteiger partial charge >= 0.3 is 6.18 Å². The number of ether oxygens (including phenoxy) is 1. The van der Waals surface area contributed by atoms with Gasteiger partial charge in [0.2, 0.25) is 0 Å². The van der Waals surface area contributed by atoms with E-state index in [-0.39, 0.29) is 19.1 Å². The second kappa shape index (κ2) is 7.40. The first-order chi connectivity index (χ1) is 8.90. The topological polar surface area (TPSA) is 61.0 Å². The van der Waals surface area contributed by atoms with E-state index in [1.165, 1.54) is 0 Å². The van der Waals surface area contributed by atoms with E-state index in [4.69, 9.17) is 5.73 Å². The molecule has 0 aliphatic carbocycles. The molecule has 19 heavy (non-hydrogen) atoms. The van der Waals surface area contributed by atoms with Crippen molar-refractivity contribution in [2.75, 3.05) is 13.2 Å². The van der Waals surface area contributed by atoms with Crippen LogP contribution in [0.5, 0.6) is 0 Å². The molecule has 0 amide bonds. The van der Waals surface area contributed by atoms with Crippen LogP contribution in [0.1, 0.15) is 24.7 Å². The highest BCUT2D eigenvalue weighted by Crippen LogP contribution is 2.14. The summed E-state index contributed by atoms with van der Waals surface area (Å²) >= 11 is 0. The lowest BCUT2D eigenvalue weighted by atomic mass is 10.1. The van der Waals surface area contributed by atoms with Crippen LogP contribution in [0.4, 0.5) is 13.2 Å². The van der Waals surface area contributed by atoms with E-state index >= 15 is 0 Å². The fourth-order valence-corrected chi connectivity index (χ4v) is 1.41. The molecule has 0 bridgehead atoms. The van der Waals surface area contributed by atoms with Gasteiger partial charge in [-0.3, -0.25) is 0 Å². The number of rotatable bonds is 7. The van der Waals surface area contributed by atoms with Crippen LogP contribution in [0.2, 0.25) is 0 Å². The molecule has 1 atom stereocenters. The molecule has 0 radical (unpaired) electrons. The quantitative estimate of drug-likeness (QED) is 0.773. The van der Waals surface area contributed by atoms with E-state index < -0.39 is 12.8 Å². The predicted octanol–water partition coefficient (Wildman–Crippen LogP) is 1.88. The van der Waals surface area contributed by atoms with Gasteiger partial charge in [-0.25, -0.2) is 9.97 Å². The number of alkyl halides is 3. The molecule has 0 aliphatic heterocycles. The van der Waals surface area contributed by atoms with Crippen LogP contribution < -0.4 is 5.73 Å². The van der Waals surface area contributed by atoms with E-state index in [0.29, 0.717) is 12.2 Å². The molecule has 1 aromatic heterocycles. The first-order valence-corrected chi connectivity index (χ1v) is 6.10. The molecule has 1 rings (SSSR count). The Balaban J connectivity index is 2.32. The Morgan fingerprint density at radius 1 is 1.32 bits per heavy atom. The summed E-state index contributed by atoms with van der Waals surface area (Å²) in [7, 11) is 0. The maximum absolute atomic E-state index is 11.8. The normalized spacial score (nSPS) is 13.5. The SMILES string of the molecule is CCC(N)Cc1cnc(CCOCC(F)(F)F)nc1. The first-order valence-electron chi connectivity index (χ1n) is 6.10. The zero-order valence-corrected chi connectivity index (χ0v) is 10.8. The number of hydrogen-bond donors (Lipinski definition) is 1. The number of hydrogen-bond acceptors (Lipinski definition) is 4. The minimum Gasteiger partial charge on any atom is -0.372 e.